The smallest absolute Gasteiger partial charge is 0.251 e. The molecule has 0 saturated carbocycles. The minimum atomic E-state index is -0.0208. The molecule has 92 valence electrons. The molecule has 18 heavy (non-hydrogen) atoms. The zero-order valence-corrected chi connectivity index (χ0v) is 11.2. The first kappa shape index (κ1) is 11.5. The minimum Gasteiger partial charge on any atom is -0.468 e. The number of benzene rings is 1. The highest BCUT2D eigenvalue weighted by atomic mass is 79.9. The lowest BCUT2D eigenvalue weighted by atomic mass is 9.96. The quantitative estimate of drug-likeness (QED) is 0.867. The monoisotopic (exact) mass is 305 g/mol. The van der Waals surface area contributed by atoms with Crippen LogP contribution in [0.15, 0.2) is 41.0 Å². The van der Waals surface area contributed by atoms with Crippen molar-refractivity contribution in [2.24, 2.45) is 0 Å². The molecule has 0 fully saturated rings. The van der Waals surface area contributed by atoms with Gasteiger partial charge in [0.15, 0.2) is 0 Å². The van der Waals surface area contributed by atoms with Gasteiger partial charge >= 0.3 is 0 Å². The predicted molar refractivity (Wildman–Crippen MR) is 72.0 cm³/mol. The maximum Gasteiger partial charge on any atom is 0.251 e. The Hall–Kier alpha value is -1.55. The summed E-state index contributed by atoms with van der Waals surface area (Å²) in [7, 11) is 0. The second-order valence-electron chi connectivity index (χ2n) is 4.30. The van der Waals surface area contributed by atoms with Crippen molar-refractivity contribution >= 4 is 21.8 Å². The predicted octanol–water partition coefficient (Wildman–Crippen LogP) is 3.05. The van der Waals surface area contributed by atoms with Crippen LogP contribution in [-0.4, -0.2) is 12.5 Å². The number of carbonyl (C=O) groups excluding carboxylic acids is 1. The number of amides is 1. The van der Waals surface area contributed by atoms with Crippen molar-refractivity contribution in [3.8, 4) is 0 Å². The van der Waals surface area contributed by atoms with Gasteiger partial charge in [0.25, 0.3) is 5.91 Å². The molecule has 3 rings (SSSR count). The summed E-state index contributed by atoms with van der Waals surface area (Å²) in [4.78, 5) is 11.8. The second kappa shape index (κ2) is 4.61. The van der Waals surface area contributed by atoms with Crippen LogP contribution in [-0.2, 0) is 6.42 Å². The summed E-state index contributed by atoms with van der Waals surface area (Å²) >= 11 is 3.60. The van der Waals surface area contributed by atoms with Gasteiger partial charge in [-0.2, -0.15) is 0 Å². The molecule has 1 N–H and O–H groups in total. The van der Waals surface area contributed by atoms with Gasteiger partial charge in [-0.05, 0) is 35.7 Å². The molecular weight excluding hydrogens is 294 g/mol. The van der Waals surface area contributed by atoms with E-state index in [1.54, 1.807) is 6.26 Å². The Bertz CT molecular complexity index is 577. The molecule has 4 heteroatoms. The fourth-order valence-corrected chi connectivity index (χ4v) is 2.73. The third kappa shape index (κ3) is 1.97. The number of hydrogen-bond donors (Lipinski definition) is 1. The van der Waals surface area contributed by atoms with E-state index in [4.69, 9.17) is 4.42 Å². The van der Waals surface area contributed by atoms with E-state index in [1.165, 1.54) is 0 Å². The lowest BCUT2D eigenvalue weighted by Gasteiger charge is -2.18. The molecule has 1 unspecified atom stereocenters. The van der Waals surface area contributed by atoms with E-state index in [0.717, 1.165) is 35.4 Å². The molecule has 1 amide bonds. The Balaban J connectivity index is 1.99. The van der Waals surface area contributed by atoms with Gasteiger partial charge < -0.3 is 9.73 Å². The molecule has 0 spiro atoms. The average molecular weight is 306 g/mol. The third-order valence-electron chi connectivity index (χ3n) is 3.14. The molecule has 2 aromatic rings. The van der Waals surface area contributed by atoms with Crippen LogP contribution in [0.1, 0.15) is 32.1 Å². The lowest BCUT2D eigenvalue weighted by molar-refractivity contribution is 0.0946. The molecular formula is C14H12BrNO2. The lowest BCUT2D eigenvalue weighted by Crippen LogP contribution is -2.31. The van der Waals surface area contributed by atoms with Crippen LogP contribution >= 0.6 is 15.9 Å². The normalized spacial score (nSPS) is 15.9. The fourth-order valence-electron chi connectivity index (χ4n) is 2.19. The zero-order valence-electron chi connectivity index (χ0n) is 9.65. The summed E-state index contributed by atoms with van der Waals surface area (Å²) in [5.74, 6) is 0.850. The van der Waals surface area contributed by atoms with Crippen LogP contribution in [0.3, 0.4) is 0 Å². The topological polar surface area (TPSA) is 42.2 Å². The highest BCUT2D eigenvalue weighted by Crippen LogP contribution is 2.32. The molecule has 2 heterocycles. The van der Waals surface area contributed by atoms with Crippen molar-refractivity contribution < 1.29 is 9.21 Å². The Morgan fingerprint density at radius 3 is 3.00 bits per heavy atom. The van der Waals surface area contributed by atoms with Gasteiger partial charge in [0, 0.05) is 12.1 Å². The molecule has 1 aromatic carbocycles. The Morgan fingerprint density at radius 1 is 1.33 bits per heavy atom. The number of alkyl halides is 1. The van der Waals surface area contributed by atoms with Gasteiger partial charge in [-0.15, -0.1) is 0 Å². The number of fused-ring (bicyclic) bond motifs is 1. The summed E-state index contributed by atoms with van der Waals surface area (Å²) in [6, 6.07) is 9.78. The van der Waals surface area contributed by atoms with Crippen LogP contribution in [0, 0.1) is 0 Å². The average Bonchev–Trinajstić information content (AvgIpc) is 2.92. The van der Waals surface area contributed by atoms with E-state index >= 15 is 0 Å². The minimum absolute atomic E-state index is 0.0113. The maximum absolute atomic E-state index is 11.8. The fraction of sp³-hybridized carbons (Fsp3) is 0.214. The maximum atomic E-state index is 11.8. The Morgan fingerprint density at radius 2 is 2.22 bits per heavy atom. The summed E-state index contributed by atoms with van der Waals surface area (Å²) in [5, 5.41) is 2.86. The van der Waals surface area contributed by atoms with E-state index in [9.17, 15) is 4.79 Å². The Kier molecular flexibility index (Phi) is 2.96. The number of nitrogens with one attached hydrogen (secondary N) is 1. The van der Waals surface area contributed by atoms with E-state index < -0.39 is 0 Å². The zero-order chi connectivity index (χ0) is 12.5. The first-order valence-corrected chi connectivity index (χ1v) is 6.76. The first-order chi connectivity index (χ1) is 8.75. The van der Waals surface area contributed by atoms with Crippen LogP contribution in [0.2, 0.25) is 0 Å². The molecule has 1 aliphatic rings. The summed E-state index contributed by atoms with van der Waals surface area (Å²) in [6.45, 7) is 0.723. The Labute approximate surface area is 113 Å². The molecule has 1 atom stereocenters. The summed E-state index contributed by atoms with van der Waals surface area (Å²) in [6.07, 6.45) is 2.55. The van der Waals surface area contributed by atoms with Gasteiger partial charge in [0.1, 0.15) is 5.76 Å². The second-order valence-corrected chi connectivity index (χ2v) is 5.22. The van der Waals surface area contributed by atoms with Crippen molar-refractivity contribution in [1.82, 2.24) is 5.32 Å². The molecule has 1 aromatic heterocycles. The number of hydrogen-bond acceptors (Lipinski definition) is 2. The van der Waals surface area contributed by atoms with E-state index in [2.05, 4.69) is 21.2 Å². The van der Waals surface area contributed by atoms with E-state index in [0.29, 0.717) is 0 Å². The van der Waals surface area contributed by atoms with Crippen LogP contribution in [0.4, 0.5) is 0 Å². The van der Waals surface area contributed by atoms with Crippen molar-refractivity contribution in [3.05, 3.63) is 59.0 Å². The van der Waals surface area contributed by atoms with Crippen LogP contribution in [0.25, 0.3) is 0 Å². The van der Waals surface area contributed by atoms with Gasteiger partial charge in [0.2, 0.25) is 0 Å². The SMILES string of the molecule is O=C1NCCc2ccc(C(Br)c3ccco3)cc21. The highest BCUT2D eigenvalue weighted by Gasteiger charge is 2.20. The standard InChI is InChI=1S/C14H12BrNO2/c15-13(12-2-1-7-18-12)10-4-3-9-5-6-16-14(17)11(9)8-10/h1-4,7-8,13H,5-6H2,(H,16,17). The molecule has 3 nitrogen and oxygen atoms in total. The first-order valence-electron chi connectivity index (χ1n) is 5.84. The van der Waals surface area contributed by atoms with Crippen molar-refractivity contribution in [1.29, 1.82) is 0 Å². The number of halogens is 1. The van der Waals surface area contributed by atoms with Gasteiger partial charge in [-0.1, -0.05) is 28.1 Å². The number of furan rings is 1. The largest absolute Gasteiger partial charge is 0.468 e. The van der Waals surface area contributed by atoms with E-state index in [1.807, 2.05) is 30.3 Å². The molecule has 1 aliphatic heterocycles. The van der Waals surface area contributed by atoms with Crippen molar-refractivity contribution in [2.45, 2.75) is 11.2 Å². The van der Waals surface area contributed by atoms with E-state index in [-0.39, 0.29) is 10.7 Å². The van der Waals surface area contributed by atoms with Crippen molar-refractivity contribution in [2.75, 3.05) is 6.54 Å². The van der Waals surface area contributed by atoms with Crippen molar-refractivity contribution in [3.63, 3.8) is 0 Å². The van der Waals surface area contributed by atoms with Crippen LogP contribution < -0.4 is 5.32 Å². The van der Waals surface area contributed by atoms with Gasteiger partial charge in [-0.3, -0.25) is 4.79 Å². The highest BCUT2D eigenvalue weighted by molar-refractivity contribution is 9.09. The molecule has 0 bridgehead atoms. The number of carbonyl (C=O) groups is 1. The van der Waals surface area contributed by atoms with Gasteiger partial charge in [-0.25, -0.2) is 0 Å². The summed E-state index contributed by atoms with van der Waals surface area (Å²) in [5.41, 5.74) is 2.91. The molecule has 0 radical (unpaired) electrons. The van der Waals surface area contributed by atoms with Crippen LogP contribution in [0.5, 0.6) is 0 Å². The molecule has 0 saturated heterocycles. The molecule has 0 aliphatic carbocycles. The third-order valence-corrected chi connectivity index (χ3v) is 4.12. The summed E-state index contributed by atoms with van der Waals surface area (Å²) < 4.78 is 5.37. The number of rotatable bonds is 2. The van der Waals surface area contributed by atoms with Gasteiger partial charge in [0.05, 0.1) is 11.1 Å².